The molecule has 0 saturated heterocycles. The predicted octanol–water partition coefficient (Wildman–Crippen LogP) is 1.48. The van der Waals surface area contributed by atoms with Gasteiger partial charge in [0.05, 0.1) is 6.26 Å². The van der Waals surface area contributed by atoms with Crippen LogP contribution in [0.15, 0.2) is 0 Å². The molecular formula is C11H26N2O2S. The van der Waals surface area contributed by atoms with Crippen LogP contribution in [0.1, 0.15) is 47.0 Å². The van der Waals surface area contributed by atoms with Crippen molar-refractivity contribution in [2.75, 3.05) is 12.8 Å². The standard InChI is InChI=1S/C11H26N2O2S/c1-6-7-8-10(2)12-9-11(3,4)13-16(5,14)15/h10,12-13H,6-9H2,1-5H3. The largest absolute Gasteiger partial charge is 0.312 e. The summed E-state index contributed by atoms with van der Waals surface area (Å²) in [5.41, 5.74) is -0.436. The van der Waals surface area contributed by atoms with Crippen LogP contribution in [0.25, 0.3) is 0 Å². The first kappa shape index (κ1) is 15.9. The van der Waals surface area contributed by atoms with Crippen molar-refractivity contribution in [3.8, 4) is 0 Å². The molecule has 0 saturated carbocycles. The van der Waals surface area contributed by atoms with Gasteiger partial charge >= 0.3 is 0 Å². The molecular weight excluding hydrogens is 224 g/mol. The van der Waals surface area contributed by atoms with Crippen LogP contribution in [-0.2, 0) is 10.0 Å². The van der Waals surface area contributed by atoms with Gasteiger partial charge in [0.25, 0.3) is 0 Å². The highest BCUT2D eigenvalue weighted by Gasteiger charge is 2.22. The molecule has 0 fully saturated rings. The molecule has 0 heterocycles. The quantitative estimate of drug-likeness (QED) is 0.686. The van der Waals surface area contributed by atoms with Gasteiger partial charge in [-0.05, 0) is 27.2 Å². The second-order valence-electron chi connectivity index (χ2n) is 5.18. The molecule has 0 spiro atoms. The fourth-order valence-corrected chi connectivity index (χ4v) is 2.66. The first-order chi connectivity index (χ1) is 7.16. The summed E-state index contributed by atoms with van der Waals surface area (Å²) in [6.07, 6.45) is 4.71. The molecule has 0 rings (SSSR count). The number of nitrogens with one attached hydrogen (secondary N) is 2. The summed E-state index contributed by atoms with van der Waals surface area (Å²) in [6.45, 7) is 8.71. The minimum atomic E-state index is -3.14. The molecule has 0 aromatic rings. The summed E-state index contributed by atoms with van der Waals surface area (Å²) in [4.78, 5) is 0. The molecule has 0 aromatic carbocycles. The average Bonchev–Trinajstić information content (AvgIpc) is 2.07. The third-order valence-electron chi connectivity index (χ3n) is 2.34. The Bertz CT molecular complexity index is 286. The molecule has 4 nitrogen and oxygen atoms in total. The van der Waals surface area contributed by atoms with Crippen molar-refractivity contribution in [2.24, 2.45) is 0 Å². The monoisotopic (exact) mass is 250 g/mol. The number of sulfonamides is 1. The number of unbranched alkanes of at least 4 members (excludes halogenated alkanes) is 1. The second-order valence-corrected chi connectivity index (χ2v) is 6.93. The van der Waals surface area contributed by atoms with Gasteiger partial charge in [-0.1, -0.05) is 19.8 Å². The summed E-state index contributed by atoms with van der Waals surface area (Å²) in [5, 5.41) is 3.35. The maximum Gasteiger partial charge on any atom is 0.209 e. The summed E-state index contributed by atoms with van der Waals surface area (Å²) < 4.78 is 24.9. The molecule has 0 aliphatic rings. The Morgan fingerprint density at radius 1 is 1.31 bits per heavy atom. The van der Waals surface area contributed by atoms with E-state index in [9.17, 15) is 8.42 Å². The molecule has 98 valence electrons. The molecule has 1 unspecified atom stereocenters. The normalized spacial score (nSPS) is 15.1. The van der Waals surface area contributed by atoms with Gasteiger partial charge in [-0.15, -0.1) is 0 Å². The first-order valence-corrected chi connectivity index (χ1v) is 7.78. The van der Waals surface area contributed by atoms with Crippen LogP contribution in [0.3, 0.4) is 0 Å². The third-order valence-corrected chi connectivity index (χ3v) is 3.27. The Hall–Kier alpha value is -0.130. The van der Waals surface area contributed by atoms with Crippen molar-refractivity contribution in [2.45, 2.75) is 58.5 Å². The van der Waals surface area contributed by atoms with Crippen molar-refractivity contribution in [1.82, 2.24) is 10.0 Å². The molecule has 0 bridgehead atoms. The lowest BCUT2D eigenvalue weighted by molar-refractivity contribution is 0.384. The van der Waals surface area contributed by atoms with Crippen molar-refractivity contribution < 1.29 is 8.42 Å². The van der Waals surface area contributed by atoms with Crippen molar-refractivity contribution in [3.63, 3.8) is 0 Å². The molecule has 5 heteroatoms. The highest BCUT2D eigenvalue weighted by atomic mass is 32.2. The Morgan fingerprint density at radius 2 is 1.88 bits per heavy atom. The maximum atomic E-state index is 11.1. The Morgan fingerprint density at radius 3 is 2.31 bits per heavy atom. The van der Waals surface area contributed by atoms with Gasteiger partial charge in [-0.25, -0.2) is 13.1 Å². The van der Waals surface area contributed by atoms with Crippen molar-refractivity contribution in [1.29, 1.82) is 0 Å². The third kappa shape index (κ3) is 9.12. The van der Waals surface area contributed by atoms with Gasteiger partial charge in [0, 0.05) is 18.1 Å². The lowest BCUT2D eigenvalue weighted by atomic mass is 10.1. The summed E-state index contributed by atoms with van der Waals surface area (Å²) in [7, 11) is -3.14. The zero-order chi connectivity index (χ0) is 12.8. The molecule has 1 atom stereocenters. The van der Waals surface area contributed by atoms with Crippen LogP contribution < -0.4 is 10.0 Å². The summed E-state index contributed by atoms with van der Waals surface area (Å²) in [6, 6.07) is 0.431. The molecule has 16 heavy (non-hydrogen) atoms. The molecule has 0 aliphatic carbocycles. The van der Waals surface area contributed by atoms with E-state index in [2.05, 4.69) is 23.9 Å². The fourth-order valence-electron chi connectivity index (χ4n) is 1.58. The van der Waals surface area contributed by atoms with Gasteiger partial charge in [0.15, 0.2) is 0 Å². The van der Waals surface area contributed by atoms with Gasteiger partial charge in [0.1, 0.15) is 0 Å². The molecule has 0 amide bonds. The first-order valence-electron chi connectivity index (χ1n) is 5.88. The topological polar surface area (TPSA) is 58.2 Å². The van der Waals surface area contributed by atoms with Gasteiger partial charge in [0.2, 0.25) is 10.0 Å². The fraction of sp³-hybridized carbons (Fsp3) is 1.00. The summed E-state index contributed by atoms with van der Waals surface area (Å²) in [5.74, 6) is 0. The van der Waals surface area contributed by atoms with E-state index in [0.717, 1.165) is 6.42 Å². The highest BCUT2D eigenvalue weighted by Crippen LogP contribution is 2.05. The van der Waals surface area contributed by atoms with E-state index in [1.54, 1.807) is 0 Å². The summed E-state index contributed by atoms with van der Waals surface area (Å²) >= 11 is 0. The van der Waals surface area contributed by atoms with Crippen LogP contribution in [0, 0.1) is 0 Å². The van der Waals surface area contributed by atoms with Crippen LogP contribution >= 0.6 is 0 Å². The van der Waals surface area contributed by atoms with Crippen LogP contribution in [-0.4, -0.2) is 32.8 Å². The number of rotatable bonds is 8. The van der Waals surface area contributed by atoms with Crippen molar-refractivity contribution in [3.05, 3.63) is 0 Å². The van der Waals surface area contributed by atoms with Crippen LogP contribution in [0.5, 0.6) is 0 Å². The van der Waals surface area contributed by atoms with Gasteiger partial charge in [-0.3, -0.25) is 0 Å². The molecule has 0 radical (unpaired) electrons. The smallest absolute Gasteiger partial charge is 0.209 e. The molecule has 0 aromatic heterocycles. The highest BCUT2D eigenvalue weighted by molar-refractivity contribution is 7.88. The number of hydrogen-bond donors (Lipinski definition) is 2. The van der Waals surface area contributed by atoms with Gasteiger partial charge < -0.3 is 5.32 Å². The molecule has 2 N–H and O–H groups in total. The Balaban J connectivity index is 3.98. The lowest BCUT2D eigenvalue weighted by Crippen LogP contribution is -2.51. The lowest BCUT2D eigenvalue weighted by Gasteiger charge is -2.27. The number of hydrogen-bond acceptors (Lipinski definition) is 3. The zero-order valence-corrected chi connectivity index (χ0v) is 11.9. The SMILES string of the molecule is CCCCC(C)NCC(C)(C)NS(C)(=O)=O. The maximum absolute atomic E-state index is 11.1. The van der Waals surface area contributed by atoms with E-state index >= 15 is 0 Å². The van der Waals surface area contributed by atoms with Crippen LogP contribution in [0.2, 0.25) is 0 Å². The van der Waals surface area contributed by atoms with E-state index < -0.39 is 15.6 Å². The van der Waals surface area contributed by atoms with Crippen LogP contribution in [0.4, 0.5) is 0 Å². The zero-order valence-electron chi connectivity index (χ0n) is 11.1. The van der Waals surface area contributed by atoms with E-state index in [1.807, 2.05) is 13.8 Å². The van der Waals surface area contributed by atoms with E-state index in [-0.39, 0.29) is 0 Å². The Kier molecular flexibility index (Phi) is 6.51. The van der Waals surface area contributed by atoms with E-state index in [4.69, 9.17) is 0 Å². The molecule has 0 aliphatic heterocycles. The predicted molar refractivity (Wildman–Crippen MR) is 69.0 cm³/mol. The van der Waals surface area contributed by atoms with E-state index in [1.165, 1.54) is 19.1 Å². The van der Waals surface area contributed by atoms with Gasteiger partial charge in [-0.2, -0.15) is 0 Å². The van der Waals surface area contributed by atoms with Crippen molar-refractivity contribution >= 4 is 10.0 Å². The minimum absolute atomic E-state index is 0.431. The Labute approximate surface area is 100 Å². The van der Waals surface area contributed by atoms with E-state index in [0.29, 0.717) is 12.6 Å². The average molecular weight is 250 g/mol. The second kappa shape index (κ2) is 6.57. The minimum Gasteiger partial charge on any atom is -0.312 e.